The molecule has 6 nitrogen and oxygen atoms in total. The Kier molecular flexibility index (Phi) is 5.54. The summed E-state index contributed by atoms with van der Waals surface area (Å²) in [5.41, 5.74) is 3.92. The highest BCUT2D eigenvalue weighted by Gasteiger charge is 2.33. The number of carbonyl (C=O) groups is 1. The second-order valence-electron chi connectivity index (χ2n) is 6.94. The number of hydrogen-bond acceptors (Lipinski definition) is 5. The minimum absolute atomic E-state index is 0.0949. The SMILES string of the molecule is CCc1ncsc1C(=O)N(C)C[C@@H]1CCCN(C)[C@H]1c1cnn(C)c1. The molecule has 25 heavy (non-hydrogen) atoms. The number of nitrogens with zero attached hydrogens (tertiary/aromatic N) is 5. The molecule has 136 valence electrons. The van der Waals surface area contributed by atoms with Gasteiger partial charge in [-0.05, 0) is 38.8 Å². The second-order valence-corrected chi connectivity index (χ2v) is 7.80. The van der Waals surface area contributed by atoms with Gasteiger partial charge in [-0.2, -0.15) is 5.10 Å². The number of hydrogen-bond donors (Lipinski definition) is 0. The van der Waals surface area contributed by atoms with E-state index >= 15 is 0 Å². The molecule has 0 spiro atoms. The number of carbonyl (C=O) groups excluding carboxylic acids is 1. The van der Waals surface area contributed by atoms with E-state index in [1.807, 2.05) is 36.8 Å². The molecule has 1 amide bonds. The first-order valence-electron chi connectivity index (χ1n) is 8.87. The Morgan fingerprint density at radius 3 is 2.92 bits per heavy atom. The van der Waals surface area contributed by atoms with Crippen molar-refractivity contribution in [1.29, 1.82) is 0 Å². The largest absolute Gasteiger partial charge is 0.341 e. The van der Waals surface area contributed by atoms with Crippen LogP contribution in [0.4, 0.5) is 0 Å². The fourth-order valence-electron chi connectivity index (χ4n) is 3.87. The van der Waals surface area contributed by atoms with E-state index in [2.05, 4.69) is 28.2 Å². The summed E-state index contributed by atoms with van der Waals surface area (Å²) in [6, 6.07) is 0.310. The van der Waals surface area contributed by atoms with Crippen LogP contribution in [-0.2, 0) is 13.5 Å². The Morgan fingerprint density at radius 1 is 1.44 bits per heavy atom. The van der Waals surface area contributed by atoms with E-state index in [1.165, 1.54) is 23.3 Å². The Labute approximate surface area is 153 Å². The van der Waals surface area contributed by atoms with E-state index in [0.29, 0.717) is 12.0 Å². The van der Waals surface area contributed by atoms with Crippen LogP contribution in [0.1, 0.15) is 46.7 Å². The Morgan fingerprint density at radius 2 is 2.24 bits per heavy atom. The van der Waals surface area contributed by atoms with Crippen molar-refractivity contribution in [2.45, 2.75) is 32.2 Å². The van der Waals surface area contributed by atoms with Crippen LogP contribution < -0.4 is 0 Å². The number of aryl methyl sites for hydroxylation is 2. The molecule has 0 N–H and O–H groups in total. The zero-order valence-corrected chi connectivity index (χ0v) is 16.3. The van der Waals surface area contributed by atoms with Gasteiger partial charge in [-0.1, -0.05) is 6.92 Å². The van der Waals surface area contributed by atoms with Crippen LogP contribution in [0.5, 0.6) is 0 Å². The van der Waals surface area contributed by atoms with Crippen molar-refractivity contribution in [3.8, 4) is 0 Å². The number of thiazole rings is 1. The molecule has 0 aromatic carbocycles. The second kappa shape index (κ2) is 7.66. The van der Waals surface area contributed by atoms with Crippen LogP contribution in [0.3, 0.4) is 0 Å². The summed E-state index contributed by atoms with van der Waals surface area (Å²) in [5.74, 6) is 0.507. The average Bonchev–Trinajstić information content (AvgIpc) is 3.22. The smallest absolute Gasteiger partial charge is 0.265 e. The zero-order valence-electron chi connectivity index (χ0n) is 15.5. The fourth-order valence-corrected chi connectivity index (χ4v) is 4.75. The van der Waals surface area contributed by atoms with Crippen LogP contribution in [-0.4, -0.2) is 57.7 Å². The number of amides is 1. The summed E-state index contributed by atoms with van der Waals surface area (Å²) in [6.45, 7) is 3.88. The highest BCUT2D eigenvalue weighted by atomic mass is 32.1. The lowest BCUT2D eigenvalue weighted by Crippen LogP contribution is -2.42. The van der Waals surface area contributed by atoms with Crippen molar-refractivity contribution in [2.24, 2.45) is 13.0 Å². The van der Waals surface area contributed by atoms with Gasteiger partial charge in [-0.3, -0.25) is 14.4 Å². The van der Waals surface area contributed by atoms with Gasteiger partial charge in [-0.15, -0.1) is 11.3 Å². The molecule has 7 heteroatoms. The normalized spacial score (nSPS) is 21.4. The molecular formula is C18H27N5OS. The molecule has 0 unspecified atom stereocenters. The average molecular weight is 362 g/mol. The molecule has 0 saturated carbocycles. The van der Waals surface area contributed by atoms with Gasteiger partial charge in [0, 0.05) is 38.4 Å². The van der Waals surface area contributed by atoms with Crippen LogP contribution in [0, 0.1) is 5.92 Å². The van der Waals surface area contributed by atoms with E-state index in [0.717, 1.165) is 36.5 Å². The van der Waals surface area contributed by atoms with E-state index < -0.39 is 0 Å². The lowest BCUT2D eigenvalue weighted by molar-refractivity contribution is 0.0648. The third kappa shape index (κ3) is 3.77. The van der Waals surface area contributed by atoms with Crippen molar-refractivity contribution >= 4 is 17.2 Å². The van der Waals surface area contributed by atoms with Gasteiger partial charge in [0.15, 0.2) is 0 Å². The van der Waals surface area contributed by atoms with Gasteiger partial charge in [0.2, 0.25) is 0 Å². The minimum Gasteiger partial charge on any atom is -0.341 e. The van der Waals surface area contributed by atoms with Crippen LogP contribution in [0.15, 0.2) is 17.9 Å². The Bertz CT molecular complexity index is 725. The number of likely N-dealkylation sites (tertiary alicyclic amines) is 1. The monoisotopic (exact) mass is 361 g/mol. The van der Waals surface area contributed by atoms with Gasteiger partial charge in [0.1, 0.15) is 4.88 Å². The molecule has 2 aromatic rings. The summed E-state index contributed by atoms with van der Waals surface area (Å²) in [5, 5.41) is 4.34. The minimum atomic E-state index is 0.0949. The lowest BCUT2D eigenvalue weighted by atomic mass is 9.85. The first kappa shape index (κ1) is 18.1. The molecule has 0 bridgehead atoms. The molecule has 0 aliphatic carbocycles. The summed E-state index contributed by atoms with van der Waals surface area (Å²) >= 11 is 1.45. The predicted octanol–water partition coefficient (Wildman–Crippen LogP) is 2.59. The van der Waals surface area contributed by atoms with Crippen molar-refractivity contribution < 1.29 is 4.79 Å². The maximum absolute atomic E-state index is 12.9. The highest BCUT2D eigenvalue weighted by molar-refractivity contribution is 7.11. The van der Waals surface area contributed by atoms with Crippen LogP contribution in [0.2, 0.25) is 0 Å². The third-order valence-corrected chi connectivity index (χ3v) is 5.96. The van der Waals surface area contributed by atoms with Gasteiger partial charge in [-0.25, -0.2) is 4.98 Å². The topological polar surface area (TPSA) is 54.3 Å². The number of rotatable bonds is 5. The fraction of sp³-hybridized carbons (Fsp3) is 0.611. The van der Waals surface area contributed by atoms with Crippen LogP contribution in [0.25, 0.3) is 0 Å². The Hall–Kier alpha value is -1.73. The van der Waals surface area contributed by atoms with Gasteiger partial charge >= 0.3 is 0 Å². The summed E-state index contributed by atoms with van der Waals surface area (Å²) < 4.78 is 1.86. The van der Waals surface area contributed by atoms with Crippen LogP contribution >= 0.6 is 11.3 Å². The van der Waals surface area contributed by atoms with Crippen molar-refractivity contribution in [1.82, 2.24) is 24.6 Å². The van der Waals surface area contributed by atoms with E-state index in [4.69, 9.17) is 0 Å². The third-order valence-electron chi connectivity index (χ3n) is 5.10. The van der Waals surface area contributed by atoms with Gasteiger partial charge in [0.25, 0.3) is 5.91 Å². The van der Waals surface area contributed by atoms with Crippen molar-refractivity contribution in [3.05, 3.63) is 34.0 Å². The van der Waals surface area contributed by atoms with Crippen molar-refractivity contribution in [2.75, 3.05) is 27.2 Å². The van der Waals surface area contributed by atoms with E-state index in [-0.39, 0.29) is 5.91 Å². The molecule has 1 aliphatic heterocycles. The molecule has 3 rings (SSSR count). The van der Waals surface area contributed by atoms with E-state index in [9.17, 15) is 4.79 Å². The lowest BCUT2D eigenvalue weighted by Gasteiger charge is -2.40. The first-order chi connectivity index (χ1) is 12.0. The summed E-state index contributed by atoms with van der Waals surface area (Å²) in [4.78, 5) is 22.2. The molecule has 1 fully saturated rings. The zero-order chi connectivity index (χ0) is 18.0. The summed E-state index contributed by atoms with van der Waals surface area (Å²) in [6.07, 6.45) is 7.15. The van der Waals surface area contributed by atoms with Gasteiger partial charge < -0.3 is 4.90 Å². The molecule has 0 radical (unpaired) electrons. The standard InChI is InChI=1S/C18H27N5OS/c1-5-15-17(25-12-19-15)18(24)22(3)10-13-7-6-8-21(2)16(13)14-9-20-23(4)11-14/h9,11-13,16H,5-8,10H2,1-4H3/t13-,16+/m0/s1. The molecule has 1 aliphatic rings. The predicted molar refractivity (Wildman–Crippen MR) is 99.8 cm³/mol. The maximum Gasteiger partial charge on any atom is 0.265 e. The molecule has 2 aromatic heterocycles. The maximum atomic E-state index is 12.9. The first-order valence-corrected chi connectivity index (χ1v) is 9.75. The molecule has 2 atom stereocenters. The molecular weight excluding hydrogens is 334 g/mol. The quantitative estimate of drug-likeness (QED) is 0.821. The molecule has 1 saturated heterocycles. The van der Waals surface area contributed by atoms with Crippen molar-refractivity contribution in [3.63, 3.8) is 0 Å². The van der Waals surface area contributed by atoms with E-state index in [1.54, 1.807) is 5.51 Å². The number of piperidine rings is 1. The molecule has 3 heterocycles. The van der Waals surface area contributed by atoms with Gasteiger partial charge in [0.05, 0.1) is 17.4 Å². The highest BCUT2D eigenvalue weighted by Crippen LogP contribution is 2.35. The summed E-state index contributed by atoms with van der Waals surface area (Å²) in [7, 11) is 6.04. The number of aromatic nitrogens is 3. The Balaban J connectivity index is 1.76.